The highest BCUT2D eigenvalue weighted by Gasteiger charge is 2.23. The van der Waals surface area contributed by atoms with Gasteiger partial charge in [0.2, 0.25) is 5.91 Å². The van der Waals surface area contributed by atoms with E-state index >= 15 is 0 Å². The molecule has 6 nitrogen and oxygen atoms in total. The summed E-state index contributed by atoms with van der Waals surface area (Å²) in [7, 11) is 1.80. The number of hydrogen-bond acceptors (Lipinski definition) is 3. The van der Waals surface area contributed by atoms with Crippen molar-refractivity contribution in [3.63, 3.8) is 0 Å². The molecule has 0 saturated carbocycles. The van der Waals surface area contributed by atoms with E-state index in [0.29, 0.717) is 13.0 Å². The van der Waals surface area contributed by atoms with Crippen molar-refractivity contribution >= 4 is 16.9 Å². The number of aromatic amines is 1. The fraction of sp³-hybridized carbons (Fsp3) is 0.389. The summed E-state index contributed by atoms with van der Waals surface area (Å²) in [6.45, 7) is 6.60. The Kier molecular flexibility index (Phi) is 4.38. The maximum Gasteiger partial charge on any atom is 0.247 e. The lowest BCUT2D eigenvalue weighted by Gasteiger charge is -2.22. The quantitative estimate of drug-likeness (QED) is 0.784. The summed E-state index contributed by atoms with van der Waals surface area (Å²) in [5, 5.41) is 4.20. The van der Waals surface area contributed by atoms with Gasteiger partial charge in [0.25, 0.3) is 0 Å². The lowest BCUT2D eigenvalue weighted by Crippen LogP contribution is -2.34. The van der Waals surface area contributed by atoms with Crippen molar-refractivity contribution in [2.75, 3.05) is 7.05 Å². The van der Waals surface area contributed by atoms with Gasteiger partial charge in [-0.1, -0.05) is 6.92 Å². The molecule has 1 N–H and O–H groups in total. The largest absolute Gasteiger partial charge is 0.340 e. The van der Waals surface area contributed by atoms with Crippen LogP contribution in [-0.2, 0) is 11.3 Å². The fourth-order valence-electron chi connectivity index (χ4n) is 2.89. The van der Waals surface area contributed by atoms with Gasteiger partial charge in [-0.25, -0.2) is 4.98 Å². The van der Waals surface area contributed by atoms with Crippen LogP contribution in [0.15, 0.2) is 30.6 Å². The monoisotopic (exact) mass is 325 g/mol. The lowest BCUT2D eigenvalue weighted by atomic mass is 10.1. The predicted molar refractivity (Wildman–Crippen MR) is 93.6 cm³/mol. The molecule has 3 rings (SSSR count). The number of nitrogens with one attached hydrogen (secondary N) is 1. The molecular formula is C18H23N5O. The molecule has 2 heterocycles. The number of aromatic nitrogens is 4. The number of hydrogen-bond donors (Lipinski definition) is 1. The summed E-state index contributed by atoms with van der Waals surface area (Å²) < 4.78 is 1.71. The Morgan fingerprint density at radius 3 is 2.75 bits per heavy atom. The van der Waals surface area contributed by atoms with Crippen molar-refractivity contribution in [3.8, 4) is 0 Å². The van der Waals surface area contributed by atoms with Gasteiger partial charge >= 0.3 is 0 Å². The maximum absolute atomic E-state index is 12.7. The van der Waals surface area contributed by atoms with Crippen LogP contribution in [-0.4, -0.2) is 37.6 Å². The molecular weight excluding hydrogens is 302 g/mol. The topological polar surface area (TPSA) is 66.8 Å². The molecule has 1 aromatic carbocycles. The Morgan fingerprint density at radius 1 is 1.33 bits per heavy atom. The van der Waals surface area contributed by atoms with Crippen LogP contribution < -0.4 is 0 Å². The van der Waals surface area contributed by atoms with Crippen LogP contribution in [0, 0.1) is 13.8 Å². The van der Waals surface area contributed by atoms with Gasteiger partial charge in [-0.05, 0) is 49.6 Å². The molecule has 126 valence electrons. The second kappa shape index (κ2) is 6.47. The van der Waals surface area contributed by atoms with E-state index in [4.69, 9.17) is 0 Å². The average molecular weight is 325 g/mol. The highest BCUT2D eigenvalue weighted by Crippen LogP contribution is 2.19. The molecule has 3 aromatic rings. The van der Waals surface area contributed by atoms with Crippen LogP contribution in [0.3, 0.4) is 0 Å². The third kappa shape index (κ3) is 3.04. The molecule has 0 aliphatic carbocycles. The zero-order chi connectivity index (χ0) is 17.3. The molecule has 0 radical (unpaired) electrons. The highest BCUT2D eigenvalue weighted by atomic mass is 16.2. The first-order valence-corrected chi connectivity index (χ1v) is 8.19. The summed E-state index contributed by atoms with van der Waals surface area (Å²) in [6.07, 6.45) is 4.22. The number of rotatable bonds is 5. The van der Waals surface area contributed by atoms with E-state index in [9.17, 15) is 4.79 Å². The van der Waals surface area contributed by atoms with E-state index in [1.165, 1.54) is 11.1 Å². The first kappa shape index (κ1) is 16.2. The Morgan fingerprint density at radius 2 is 2.08 bits per heavy atom. The average Bonchev–Trinajstić information content (AvgIpc) is 3.18. The Labute approximate surface area is 141 Å². The lowest BCUT2D eigenvalue weighted by molar-refractivity contribution is -0.134. The van der Waals surface area contributed by atoms with Gasteiger partial charge in [0.1, 0.15) is 11.9 Å². The molecule has 1 amide bonds. The number of carbonyl (C=O) groups is 1. The van der Waals surface area contributed by atoms with Gasteiger partial charge in [-0.2, -0.15) is 5.10 Å². The predicted octanol–water partition coefficient (Wildman–Crippen LogP) is 2.99. The molecule has 6 heteroatoms. The van der Waals surface area contributed by atoms with E-state index < -0.39 is 0 Å². The minimum atomic E-state index is -0.279. The number of carbonyl (C=O) groups excluding carboxylic acids is 1. The molecule has 0 spiro atoms. The number of H-pyrrole nitrogens is 1. The highest BCUT2D eigenvalue weighted by molar-refractivity contribution is 5.80. The molecule has 2 aromatic heterocycles. The van der Waals surface area contributed by atoms with E-state index in [-0.39, 0.29) is 11.9 Å². The van der Waals surface area contributed by atoms with Crippen LogP contribution in [0.2, 0.25) is 0 Å². The summed E-state index contributed by atoms with van der Waals surface area (Å²) in [4.78, 5) is 22.4. The van der Waals surface area contributed by atoms with Crippen molar-refractivity contribution in [2.24, 2.45) is 0 Å². The zero-order valence-electron chi connectivity index (χ0n) is 14.6. The molecule has 0 aliphatic heterocycles. The minimum absolute atomic E-state index is 0.0361. The van der Waals surface area contributed by atoms with E-state index in [2.05, 4.69) is 41.0 Å². The van der Waals surface area contributed by atoms with Crippen LogP contribution in [0.25, 0.3) is 11.0 Å². The van der Waals surface area contributed by atoms with Crippen LogP contribution >= 0.6 is 0 Å². The van der Waals surface area contributed by atoms with Crippen LogP contribution in [0.4, 0.5) is 0 Å². The van der Waals surface area contributed by atoms with Crippen molar-refractivity contribution in [1.29, 1.82) is 0 Å². The summed E-state index contributed by atoms with van der Waals surface area (Å²) >= 11 is 0. The summed E-state index contributed by atoms with van der Waals surface area (Å²) in [6, 6.07) is 5.73. The van der Waals surface area contributed by atoms with Gasteiger partial charge in [0.15, 0.2) is 0 Å². The summed E-state index contributed by atoms with van der Waals surface area (Å²) in [5.41, 5.74) is 4.39. The molecule has 0 aliphatic rings. The molecule has 0 saturated heterocycles. The number of nitrogens with zero attached hydrogens (tertiary/aromatic N) is 4. The fourth-order valence-corrected chi connectivity index (χ4v) is 2.89. The smallest absolute Gasteiger partial charge is 0.247 e. The van der Waals surface area contributed by atoms with Gasteiger partial charge in [-0.15, -0.1) is 0 Å². The molecule has 0 fully saturated rings. The number of benzene rings is 1. The van der Waals surface area contributed by atoms with Crippen molar-refractivity contribution in [1.82, 2.24) is 24.6 Å². The molecule has 24 heavy (non-hydrogen) atoms. The number of amides is 1. The SMILES string of the molecule is CCC(C(=O)N(C)Cc1nc2cc(C)c(C)cc2[nH]1)n1cccn1. The number of fused-ring (bicyclic) bond motifs is 1. The van der Waals surface area contributed by atoms with Gasteiger partial charge < -0.3 is 9.88 Å². The standard InChI is InChI=1S/C18H23N5O/c1-5-16(23-8-6-7-19-23)18(24)22(4)11-17-20-14-9-12(2)13(3)10-15(14)21-17/h6-10,16H,5,11H2,1-4H3,(H,20,21). The zero-order valence-corrected chi connectivity index (χ0v) is 14.6. The first-order chi connectivity index (χ1) is 11.5. The maximum atomic E-state index is 12.7. The Hall–Kier alpha value is -2.63. The third-order valence-corrected chi connectivity index (χ3v) is 4.43. The Bertz CT molecular complexity index is 811. The number of likely N-dealkylation sites (N-methyl/N-ethyl adjacent to an activating group) is 1. The molecule has 1 atom stereocenters. The summed E-state index contributed by atoms with van der Waals surface area (Å²) in [5.74, 6) is 0.829. The minimum Gasteiger partial charge on any atom is -0.340 e. The second-order valence-electron chi connectivity index (χ2n) is 6.24. The number of aryl methyl sites for hydroxylation is 2. The Balaban J connectivity index is 1.78. The van der Waals surface area contributed by atoms with E-state index in [0.717, 1.165) is 16.9 Å². The van der Waals surface area contributed by atoms with Crippen molar-refractivity contribution < 1.29 is 4.79 Å². The van der Waals surface area contributed by atoms with Gasteiger partial charge in [0.05, 0.1) is 17.6 Å². The van der Waals surface area contributed by atoms with Gasteiger partial charge in [-0.3, -0.25) is 9.48 Å². The third-order valence-electron chi connectivity index (χ3n) is 4.43. The first-order valence-electron chi connectivity index (χ1n) is 8.19. The van der Waals surface area contributed by atoms with E-state index in [1.54, 1.807) is 22.8 Å². The second-order valence-corrected chi connectivity index (χ2v) is 6.24. The molecule has 1 unspecified atom stereocenters. The van der Waals surface area contributed by atoms with Crippen LogP contribution in [0.5, 0.6) is 0 Å². The van der Waals surface area contributed by atoms with Gasteiger partial charge in [0, 0.05) is 19.4 Å². The van der Waals surface area contributed by atoms with Crippen molar-refractivity contribution in [2.45, 2.75) is 39.8 Å². The normalized spacial score (nSPS) is 12.5. The van der Waals surface area contributed by atoms with Crippen molar-refractivity contribution in [3.05, 3.63) is 47.5 Å². The van der Waals surface area contributed by atoms with Crippen LogP contribution in [0.1, 0.15) is 36.3 Å². The molecule has 0 bridgehead atoms. The van der Waals surface area contributed by atoms with E-state index in [1.807, 2.05) is 19.2 Å². The number of imidazole rings is 1.